The van der Waals surface area contributed by atoms with E-state index in [1.54, 1.807) is 7.11 Å². The summed E-state index contributed by atoms with van der Waals surface area (Å²) in [7, 11) is 2.89. The van der Waals surface area contributed by atoms with Gasteiger partial charge in [-0.15, -0.1) is 0 Å². The van der Waals surface area contributed by atoms with Gasteiger partial charge in [-0.05, 0) is 37.6 Å². The minimum Gasteiger partial charge on any atom is -0.497 e. The zero-order chi connectivity index (χ0) is 14.3. The van der Waals surface area contributed by atoms with E-state index in [2.05, 4.69) is 10.1 Å². The van der Waals surface area contributed by atoms with Gasteiger partial charge in [-0.1, -0.05) is 12.1 Å². The van der Waals surface area contributed by atoms with E-state index in [0.717, 1.165) is 17.7 Å². The molecule has 1 atom stereocenters. The van der Waals surface area contributed by atoms with Crippen molar-refractivity contribution in [3.63, 3.8) is 0 Å². The smallest absolute Gasteiger partial charge is 0.338 e. The maximum Gasteiger partial charge on any atom is 0.338 e. The number of rotatable bonds is 7. The summed E-state index contributed by atoms with van der Waals surface area (Å²) in [6, 6.07) is 7.78. The number of carbonyl (C=O) groups excluding carboxylic acids is 1. The van der Waals surface area contributed by atoms with Gasteiger partial charge in [0.1, 0.15) is 5.75 Å². The topological polar surface area (TPSA) is 67.8 Å². The van der Waals surface area contributed by atoms with E-state index < -0.39 is 11.6 Å². The number of nitrogens with one attached hydrogen (secondary N) is 1. The monoisotopic (exact) mass is 267 g/mol. The SMILES string of the molecule is COC(=O)C(C)(O)CNCCc1cccc(OC)c1. The van der Waals surface area contributed by atoms with E-state index in [9.17, 15) is 9.90 Å². The van der Waals surface area contributed by atoms with Crippen molar-refractivity contribution in [2.24, 2.45) is 0 Å². The summed E-state index contributed by atoms with van der Waals surface area (Å²) in [5.41, 5.74) is -0.368. The molecule has 0 bridgehead atoms. The summed E-state index contributed by atoms with van der Waals surface area (Å²) < 4.78 is 9.65. The number of ether oxygens (including phenoxy) is 2. The molecular weight excluding hydrogens is 246 g/mol. The first-order chi connectivity index (χ1) is 8.99. The van der Waals surface area contributed by atoms with Gasteiger partial charge in [0.05, 0.1) is 14.2 Å². The van der Waals surface area contributed by atoms with Gasteiger partial charge in [0, 0.05) is 6.54 Å². The Morgan fingerprint density at radius 1 is 1.42 bits per heavy atom. The molecule has 0 spiro atoms. The molecule has 5 heteroatoms. The van der Waals surface area contributed by atoms with Gasteiger partial charge >= 0.3 is 5.97 Å². The van der Waals surface area contributed by atoms with Gasteiger partial charge in [-0.3, -0.25) is 0 Å². The summed E-state index contributed by atoms with van der Waals surface area (Å²) in [6.45, 7) is 2.24. The second kappa shape index (κ2) is 7.11. The van der Waals surface area contributed by atoms with Gasteiger partial charge in [0.15, 0.2) is 5.60 Å². The minimum absolute atomic E-state index is 0.156. The zero-order valence-corrected chi connectivity index (χ0v) is 11.6. The molecule has 19 heavy (non-hydrogen) atoms. The second-order valence-electron chi connectivity index (χ2n) is 4.54. The van der Waals surface area contributed by atoms with Crippen LogP contribution < -0.4 is 10.1 Å². The van der Waals surface area contributed by atoms with Crippen molar-refractivity contribution in [1.29, 1.82) is 0 Å². The predicted molar refractivity (Wildman–Crippen MR) is 72.2 cm³/mol. The van der Waals surface area contributed by atoms with Crippen LogP contribution in [0.1, 0.15) is 12.5 Å². The molecule has 0 aromatic heterocycles. The lowest BCUT2D eigenvalue weighted by Gasteiger charge is -2.20. The van der Waals surface area contributed by atoms with Crippen molar-refractivity contribution < 1.29 is 19.4 Å². The van der Waals surface area contributed by atoms with Crippen molar-refractivity contribution in [2.75, 3.05) is 27.3 Å². The molecule has 0 aliphatic rings. The van der Waals surface area contributed by atoms with E-state index in [1.807, 2.05) is 24.3 Å². The highest BCUT2D eigenvalue weighted by Crippen LogP contribution is 2.12. The third-order valence-corrected chi connectivity index (χ3v) is 2.82. The second-order valence-corrected chi connectivity index (χ2v) is 4.54. The number of carbonyl (C=O) groups is 1. The highest BCUT2D eigenvalue weighted by Gasteiger charge is 2.30. The first-order valence-corrected chi connectivity index (χ1v) is 6.14. The van der Waals surface area contributed by atoms with Gasteiger partial charge < -0.3 is 19.9 Å². The molecule has 106 valence electrons. The van der Waals surface area contributed by atoms with E-state index in [1.165, 1.54) is 14.0 Å². The summed E-state index contributed by atoms with van der Waals surface area (Å²) in [4.78, 5) is 11.3. The van der Waals surface area contributed by atoms with Crippen molar-refractivity contribution in [3.05, 3.63) is 29.8 Å². The molecule has 1 rings (SSSR count). The van der Waals surface area contributed by atoms with Crippen LogP contribution in [-0.2, 0) is 16.0 Å². The fourth-order valence-corrected chi connectivity index (χ4v) is 1.68. The largest absolute Gasteiger partial charge is 0.497 e. The van der Waals surface area contributed by atoms with Crippen molar-refractivity contribution >= 4 is 5.97 Å². The van der Waals surface area contributed by atoms with Crippen LogP contribution in [0.3, 0.4) is 0 Å². The highest BCUT2D eigenvalue weighted by molar-refractivity contribution is 5.78. The molecule has 0 saturated heterocycles. The van der Waals surface area contributed by atoms with Crippen LogP contribution in [-0.4, -0.2) is 44.0 Å². The number of benzene rings is 1. The third-order valence-electron chi connectivity index (χ3n) is 2.82. The van der Waals surface area contributed by atoms with E-state index in [4.69, 9.17) is 4.74 Å². The summed E-state index contributed by atoms with van der Waals surface area (Å²) >= 11 is 0. The Balaban J connectivity index is 2.36. The Hall–Kier alpha value is -1.59. The molecule has 1 aromatic rings. The van der Waals surface area contributed by atoms with Crippen LogP contribution in [0.15, 0.2) is 24.3 Å². The maximum absolute atomic E-state index is 11.3. The van der Waals surface area contributed by atoms with E-state index >= 15 is 0 Å². The first kappa shape index (κ1) is 15.5. The minimum atomic E-state index is -1.50. The molecule has 5 nitrogen and oxygen atoms in total. The number of methoxy groups -OCH3 is 2. The molecular formula is C14H21NO4. The van der Waals surface area contributed by atoms with Gasteiger partial charge in [-0.25, -0.2) is 4.79 Å². The van der Waals surface area contributed by atoms with Crippen molar-refractivity contribution in [3.8, 4) is 5.75 Å². The molecule has 0 fully saturated rings. The Morgan fingerprint density at radius 3 is 2.79 bits per heavy atom. The van der Waals surface area contributed by atoms with Crippen LogP contribution in [0.2, 0.25) is 0 Å². The molecule has 1 aromatic carbocycles. The average Bonchev–Trinajstić information content (AvgIpc) is 2.43. The van der Waals surface area contributed by atoms with E-state index in [-0.39, 0.29) is 6.54 Å². The fourth-order valence-electron chi connectivity index (χ4n) is 1.68. The van der Waals surface area contributed by atoms with Crippen molar-refractivity contribution in [2.45, 2.75) is 18.9 Å². The zero-order valence-electron chi connectivity index (χ0n) is 11.6. The Labute approximate surface area is 113 Å². The van der Waals surface area contributed by atoms with Crippen LogP contribution in [0.5, 0.6) is 5.75 Å². The standard InChI is InChI=1S/C14H21NO4/c1-14(17,13(16)19-3)10-15-8-7-11-5-4-6-12(9-11)18-2/h4-6,9,15,17H,7-8,10H2,1-3H3. The molecule has 2 N–H and O–H groups in total. The summed E-state index contributed by atoms with van der Waals surface area (Å²) in [5, 5.41) is 12.8. The van der Waals surface area contributed by atoms with Gasteiger partial charge in [0.2, 0.25) is 0 Å². The molecule has 0 amide bonds. The Kier molecular flexibility index (Phi) is 5.79. The number of aliphatic hydroxyl groups is 1. The molecule has 0 heterocycles. The lowest BCUT2D eigenvalue weighted by atomic mass is 10.1. The number of esters is 1. The lowest BCUT2D eigenvalue weighted by Crippen LogP contribution is -2.46. The van der Waals surface area contributed by atoms with Crippen LogP contribution in [0.25, 0.3) is 0 Å². The lowest BCUT2D eigenvalue weighted by molar-refractivity contribution is -0.159. The average molecular weight is 267 g/mol. The predicted octanol–water partition coefficient (Wildman–Crippen LogP) is 0.751. The highest BCUT2D eigenvalue weighted by atomic mass is 16.5. The summed E-state index contributed by atoms with van der Waals surface area (Å²) in [5.74, 6) is 0.181. The van der Waals surface area contributed by atoms with Crippen LogP contribution in [0, 0.1) is 0 Å². The molecule has 0 radical (unpaired) electrons. The molecule has 0 saturated carbocycles. The fraction of sp³-hybridized carbons (Fsp3) is 0.500. The molecule has 1 unspecified atom stereocenters. The van der Waals surface area contributed by atoms with Gasteiger partial charge in [0.25, 0.3) is 0 Å². The normalized spacial score (nSPS) is 13.7. The Morgan fingerprint density at radius 2 is 2.16 bits per heavy atom. The molecule has 0 aliphatic carbocycles. The molecule has 0 aliphatic heterocycles. The number of hydrogen-bond acceptors (Lipinski definition) is 5. The van der Waals surface area contributed by atoms with E-state index in [0.29, 0.717) is 6.54 Å². The van der Waals surface area contributed by atoms with Crippen molar-refractivity contribution in [1.82, 2.24) is 5.32 Å². The first-order valence-electron chi connectivity index (χ1n) is 6.14. The van der Waals surface area contributed by atoms with Crippen LogP contribution in [0.4, 0.5) is 0 Å². The van der Waals surface area contributed by atoms with Gasteiger partial charge in [-0.2, -0.15) is 0 Å². The maximum atomic E-state index is 11.3. The Bertz CT molecular complexity index is 418. The number of hydrogen-bond donors (Lipinski definition) is 2. The van der Waals surface area contributed by atoms with Crippen LogP contribution >= 0.6 is 0 Å². The third kappa shape index (κ3) is 4.89. The quantitative estimate of drug-likeness (QED) is 0.563. The summed E-state index contributed by atoms with van der Waals surface area (Å²) in [6.07, 6.45) is 0.786.